The molecule has 1 saturated carbocycles. The highest BCUT2D eigenvalue weighted by Crippen LogP contribution is 2.44. The first-order valence-electron chi connectivity index (χ1n) is 21.5. The van der Waals surface area contributed by atoms with Gasteiger partial charge in [-0.25, -0.2) is 4.39 Å². The van der Waals surface area contributed by atoms with Crippen molar-refractivity contribution in [1.29, 1.82) is 0 Å². The van der Waals surface area contributed by atoms with Crippen molar-refractivity contribution in [3.05, 3.63) is 82.8 Å². The number of imide groups is 2. The molecule has 5 aromatic rings. The highest BCUT2D eigenvalue weighted by atomic mass is 19.1. The number of piperazine rings is 1. The van der Waals surface area contributed by atoms with Crippen molar-refractivity contribution in [2.24, 2.45) is 0 Å². The summed E-state index contributed by atoms with van der Waals surface area (Å²) in [5, 5.41) is 18.3. The Bertz CT molecular complexity index is 2790. The van der Waals surface area contributed by atoms with E-state index in [-0.39, 0.29) is 59.4 Å². The Hall–Kier alpha value is -6.50. The number of aromatic hydroxyl groups is 1. The number of phenolic OH excluding ortho intramolecular Hbond substituents is 1. The molecule has 4 saturated heterocycles. The van der Waals surface area contributed by atoms with Gasteiger partial charge in [0.1, 0.15) is 35.4 Å². The van der Waals surface area contributed by atoms with Crippen molar-refractivity contribution >= 4 is 51.1 Å². The standard InChI is InChI=1S/C47H43FN8O6/c1-2-24-5-3-6-26-17-32(57)19-35(39(24)26)41-40(48)42-36(20-49-41)43(54-21-28-9-10-29(22-54)50-28)53-47(52-42)62-23-30-7-4-14-55(30)31-15-27(16-31)25-8-11-33-34(18-25)46(61)56(45(33)60)37-12-13-38(58)51-44(37)59/h1,3,5-6,8,11,17-20,27-31,37,50,57H,4,7,9-10,12-16,21-23H2,(H,51,58,59)/t27?,28-,29+,30-,31?,37?/m0/s1. The van der Waals surface area contributed by atoms with Gasteiger partial charge < -0.3 is 20.1 Å². The van der Waals surface area contributed by atoms with Crippen molar-refractivity contribution in [2.45, 2.75) is 87.5 Å². The zero-order valence-electron chi connectivity index (χ0n) is 33.8. The summed E-state index contributed by atoms with van der Waals surface area (Å²) in [7, 11) is 0. The number of amides is 4. The van der Waals surface area contributed by atoms with Gasteiger partial charge in [0.05, 0.1) is 16.5 Å². The second kappa shape index (κ2) is 14.8. The molecule has 15 heteroatoms. The number of pyridine rings is 1. The Balaban J connectivity index is 0.838. The molecule has 0 radical (unpaired) electrons. The van der Waals surface area contributed by atoms with E-state index in [2.05, 4.69) is 31.3 Å². The molecule has 0 spiro atoms. The van der Waals surface area contributed by atoms with Gasteiger partial charge in [-0.3, -0.25) is 39.3 Å². The predicted molar refractivity (Wildman–Crippen MR) is 226 cm³/mol. The summed E-state index contributed by atoms with van der Waals surface area (Å²) in [6.45, 7) is 2.63. The minimum atomic E-state index is -1.00. The maximum atomic E-state index is 17.1. The van der Waals surface area contributed by atoms with Crippen LogP contribution in [0.2, 0.25) is 0 Å². The number of nitrogens with one attached hydrogen (secondary N) is 2. The number of halogens is 1. The largest absolute Gasteiger partial charge is 0.508 e. The second-order valence-corrected chi connectivity index (χ2v) is 17.5. The fourth-order valence-electron chi connectivity index (χ4n) is 10.8. The van der Waals surface area contributed by atoms with Crippen molar-refractivity contribution in [2.75, 3.05) is 31.1 Å². The molecule has 1 unspecified atom stereocenters. The van der Waals surface area contributed by atoms with E-state index in [4.69, 9.17) is 21.1 Å². The summed E-state index contributed by atoms with van der Waals surface area (Å²) in [5.41, 5.74) is 2.56. The number of fused-ring (bicyclic) bond motifs is 5. The number of likely N-dealkylation sites (tertiary alicyclic amines) is 1. The lowest BCUT2D eigenvalue weighted by molar-refractivity contribution is -0.136. The van der Waals surface area contributed by atoms with Crippen LogP contribution < -0.4 is 20.3 Å². The number of aromatic nitrogens is 3. The van der Waals surface area contributed by atoms with Crippen LogP contribution >= 0.6 is 0 Å². The molecule has 314 valence electrons. The zero-order chi connectivity index (χ0) is 42.4. The van der Waals surface area contributed by atoms with Crippen molar-refractivity contribution in [3.8, 4) is 35.4 Å². The summed E-state index contributed by atoms with van der Waals surface area (Å²) in [5.74, 6) is 0.710. The van der Waals surface area contributed by atoms with E-state index in [1.807, 2.05) is 12.1 Å². The zero-order valence-corrected chi connectivity index (χ0v) is 33.8. The number of benzene rings is 3. The topological polar surface area (TPSA) is 170 Å². The Morgan fingerprint density at radius 1 is 0.935 bits per heavy atom. The molecule has 14 nitrogen and oxygen atoms in total. The van der Waals surface area contributed by atoms with E-state index in [9.17, 15) is 24.3 Å². The summed E-state index contributed by atoms with van der Waals surface area (Å²) in [6.07, 6.45) is 13.4. The molecule has 3 aromatic carbocycles. The van der Waals surface area contributed by atoms with Gasteiger partial charge in [-0.2, -0.15) is 9.97 Å². The van der Waals surface area contributed by atoms with Crippen LogP contribution in [-0.2, 0) is 9.59 Å². The smallest absolute Gasteiger partial charge is 0.319 e. The molecule has 1 aliphatic carbocycles. The first kappa shape index (κ1) is 38.4. The molecular weight excluding hydrogens is 792 g/mol. The number of ether oxygens (including phenoxy) is 1. The highest BCUT2D eigenvalue weighted by Gasteiger charge is 2.46. The molecule has 2 aromatic heterocycles. The third-order valence-corrected chi connectivity index (χ3v) is 13.9. The molecule has 2 bridgehead atoms. The fourth-order valence-corrected chi connectivity index (χ4v) is 10.8. The van der Waals surface area contributed by atoms with Crippen LogP contribution in [0, 0.1) is 18.2 Å². The number of terminal acetylenes is 1. The Kier molecular flexibility index (Phi) is 9.20. The predicted octanol–water partition coefficient (Wildman–Crippen LogP) is 4.80. The lowest BCUT2D eigenvalue weighted by Gasteiger charge is -2.44. The average Bonchev–Trinajstić information content (AvgIpc) is 3.93. The van der Waals surface area contributed by atoms with E-state index in [0.717, 1.165) is 55.5 Å². The molecule has 4 atom stereocenters. The molecule has 6 aliphatic rings. The fraction of sp³-hybridized carbons (Fsp3) is 0.383. The summed E-state index contributed by atoms with van der Waals surface area (Å²) >= 11 is 0. The van der Waals surface area contributed by atoms with Crippen LogP contribution in [0.3, 0.4) is 0 Å². The molecule has 11 rings (SSSR count). The van der Waals surface area contributed by atoms with Crippen LogP contribution in [0.5, 0.6) is 11.8 Å². The molecule has 62 heavy (non-hydrogen) atoms. The molecule has 5 fully saturated rings. The summed E-state index contributed by atoms with van der Waals surface area (Å²) in [6, 6.07) is 13.9. The molecule has 4 amide bonds. The molecule has 3 N–H and O–H groups in total. The molecule has 5 aliphatic heterocycles. The monoisotopic (exact) mass is 834 g/mol. The molecular formula is C47H43FN8O6. The third kappa shape index (κ3) is 6.34. The minimum Gasteiger partial charge on any atom is -0.508 e. The lowest BCUT2D eigenvalue weighted by atomic mass is 9.74. The number of phenols is 1. The lowest BCUT2D eigenvalue weighted by Crippen LogP contribution is -2.54. The minimum absolute atomic E-state index is 0.0181. The van der Waals surface area contributed by atoms with Crippen LogP contribution in [0.15, 0.2) is 54.7 Å². The van der Waals surface area contributed by atoms with Crippen molar-refractivity contribution in [1.82, 2.24) is 35.4 Å². The van der Waals surface area contributed by atoms with Gasteiger partial charge in [-0.1, -0.05) is 24.1 Å². The van der Waals surface area contributed by atoms with Crippen LogP contribution in [0.4, 0.5) is 10.2 Å². The number of hydrogen-bond acceptors (Lipinski definition) is 12. The number of carbonyl (C=O) groups excluding carboxylic acids is 4. The Labute approximate surface area is 355 Å². The van der Waals surface area contributed by atoms with Crippen molar-refractivity contribution < 1.29 is 33.4 Å². The van der Waals surface area contributed by atoms with Gasteiger partial charge in [0.25, 0.3) is 11.8 Å². The van der Waals surface area contributed by atoms with Gasteiger partial charge >= 0.3 is 6.01 Å². The maximum absolute atomic E-state index is 17.1. The van der Waals surface area contributed by atoms with Gasteiger partial charge in [-0.05, 0) is 98.7 Å². The quantitative estimate of drug-likeness (QED) is 0.144. The number of anilines is 1. The Morgan fingerprint density at radius 3 is 2.53 bits per heavy atom. The summed E-state index contributed by atoms with van der Waals surface area (Å²) in [4.78, 5) is 70.9. The Morgan fingerprint density at radius 2 is 1.74 bits per heavy atom. The van der Waals surface area contributed by atoms with Gasteiger partial charge in [0.2, 0.25) is 11.8 Å². The van der Waals surface area contributed by atoms with E-state index in [1.165, 1.54) is 6.07 Å². The highest BCUT2D eigenvalue weighted by molar-refractivity contribution is 6.23. The first-order valence-corrected chi connectivity index (χ1v) is 21.5. The number of rotatable bonds is 8. The van der Waals surface area contributed by atoms with Crippen LogP contribution in [-0.4, -0.2) is 110 Å². The maximum Gasteiger partial charge on any atom is 0.319 e. The van der Waals surface area contributed by atoms with E-state index in [1.54, 1.807) is 36.5 Å². The van der Waals surface area contributed by atoms with Gasteiger partial charge in [0, 0.05) is 66.4 Å². The first-order chi connectivity index (χ1) is 30.1. The van der Waals surface area contributed by atoms with Crippen LogP contribution in [0.25, 0.3) is 32.9 Å². The number of carbonyl (C=O) groups is 4. The van der Waals surface area contributed by atoms with Gasteiger partial charge in [-0.15, -0.1) is 6.42 Å². The SMILES string of the molecule is C#Cc1cccc2cc(O)cc(-c3ncc4c(N5C[C@H]6CC[C@@H](C5)N6)nc(OC[C@@H]5CCCN5C5CC(c6ccc7c(c6)C(=O)N(C6CCC(=O)NC6=O)C7=O)C5)nc4c3F)c12. The average molecular weight is 835 g/mol. The third-order valence-electron chi connectivity index (χ3n) is 13.9. The van der Waals surface area contributed by atoms with E-state index < -0.39 is 35.5 Å². The number of nitrogens with zero attached hydrogens (tertiary/aromatic N) is 6. The van der Waals surface area contributed by atoms with Crippen LogP contribution in [0.1, 0.15) is 89.1 Å². The number of piperidine rings is 1. The molecule has 7 heterocycles. The van der Waals surface area contributed by atoms with E-state index >= 15 is 4.39 Å². The van der Waals surface area contributed by atoms with Crippen molar-refractivity contribution in [3.63, 3.8) is 0 Å². The normalized spacial score (nSPS) is 25.9. The van der Waals surface area contributed by atoms with E-state index in [0.29, 0.717) is 70.4 Å². The number of hydrogen-bond donors (Lipinski definition) is 3. The second-order valence-electron chi connectivity index (χ2n) is 17.5. The summed E-state index contributed by atoms with van der Waals surface area (Å²) < 4.78 is 23.5. The van der Waals surface area contributed by atoms with Gasteiger partial charge in [0.15, 0.2) is 5.82 Å².